The third kappa shape index (κ3) is 8.14. The molecule has 1 aromatic carbocycles. The van der Waals surface area contributed by atoms with E-state index in [1.165, 1.54) is 24.3 Å². The highest BCUT2D eigenvalue weighted by molar-refractivity contribution is 7.86. The summed E-state index contributed by atoms with van der Waals surface area (Å²) in [6, 6.07) is 5.45. The van der Waals surface area contributed by atoms with E-state index in [2.05, 4.69) is 10.3 Å². The van der Waals surface area contributed by atoms with Crippen LogP contribution in [0, 0.1) is 0 Å². The minimum absolute atomic E-state index is 0.183. The molecule has 8 nitrogen and oxygen atoms in total. The quantitative estimate of drug-likeness (QED) is 0.363. The fourth-order valence-electron chi connectivity index (χ4n) is 0.675. The zero-order valence-corrected chi connectivity index (χ0v) is 9.57. The Bertz CT molecular complexity index is 543. The third-order valence-corrected chi connectivity index (χ3v) is 2.01. The van der Waals surface area contributed by atoms with Gasteiger partial charge in [0.25, 0.3) is 20.3 Å². The molecule has 0 spiro atoms. The summed E-state index contributed by atoms with van der Waals surface area (Å²) in [6.07, 6.45) is 0. The summed E-state index contributed by atoms with van der Waals surface area (Å²) in [6.45, 7) is 0. The summed E-state index contributed by atoms with van der Waals surface area (Å²) in [5.41, 5.74) is 5.59. The Labute approximate surface area is 93.0 Å². The van der Waals surface area contributed by atoms with Crippen LogP contribution in [-0.4, -0.2) is 21.4 Å². The van der Waals surface area contributed by atoms with Crippen LogP contribution in [0.2, 0.25) is 0 Å². The predicted molar refractivity (Wildman–Crippen MR) is 58.0 cm³/mol. The van der Waals surface area contributed by atoms with Crippen molar-refractivity contribution in [2.24, 2.45) is 10.3 Å². The summed E-state index contributed by atoms with van der Waals surface area (Å²) in [7, 11) is -7.77. The van der Waals surface area contributed by atoms with Gasteiger partial charge in [-0.15, -0.1) is 0 Å². The van der Waals surface area contributed by atoms with Gasteiger partial charge in [-0.05, 0) is 18.2 Å². The van der Waals surface area contributed by atoms with Gasteiger partial charge in [-0.3, -0.25) is 4.55 Å². The van der Waals surface area contributed by atoms with Crippen LogP contribution < -0.4 is 16.0 Å². The van der Waals surface area contributed by atoms with Gasteiger partial charge < -0.3 is 5.73 Å². The minimum atomic E-state index is -4.11. The van der Waals surface area contributed by atoms with Gasteiger partial charge in [-0.1, -0.05) is 6.07 Å². The van der Waals surface area contributed by atoms with Crippen molar-refractivity contribution in [2.45, 2.75) is 4.90 Å². The lowest BCUT2D eigenvalue weighted by atomic mass is 10.3. The summed E-state index contributed by atoms with van der Waals surface area (Å²) >= 11 is 0. The van der Waals surface area contributed by atoms with Crippen molar-refractivity contribution < 1.29 is 21.4 Å². The van der Waals surface area contributed by atoms with Crippen molar-refractivity contribution in [2.75, 3.05) is 5.73 Å². The normalized spacial score (nSPS) is 11.4. The first kappa shape index (κ1) is 14.8. The molecule has 1 aromatic rings. The number of rotatable bonds is 1. The molecule has 0 heterocycles. The topological polar surface area (TPSA) is 167 Å². The highest BCUT2D eigenvalue weighted by atomic mass is 32.2. The van der Waals surface area contributed by atoms with Gasteiger partial charge in [0.2, 0.25) is 0 Å². The van der Waals surface area contributed by atoms with Crippen LogP contribution in [0.25, 0.3) is 0 Å². The van der Waals surface area contributed by atoms with Gasteiger partial charge in [0.1, 0.15) is 0 Å². The Hall–Kier alpha value is -1.20. The van der Waals surface area contributed by atoms with Crippen LogP contribution in [0.5, 0.6) is 0 Å². The fourth-order valence-corrected chi connectivity index (χ4v) is 1.21. The molecule has 7 N–H and O–H groups in total. The van der Waals surface area contributed by atoms with E-state index in [4.69, 9.17) is 10.3 Å². The second kappa shape index (κ2) is 5.23. The van der Waals surface area contributed by atoms with Crippen molar-refractivity contribution in [3.8, 4) is 0 Å². The summed E-state index contributed by atoms with van der Waals surface area (Å²) < 4.78 is 47.9. The van der Waals surface area contributed by atoms with Crippen molar-refractivity contribution >= 4 is 26.0 Å². The number of hydrogen-bond donors (Lipinski definition) is 4. The predicted octanol–water partition coefficient (Wildman–Crippen LogP) is -1.34. The second-order valence-corrected chi connectivity index (χ2v) is 5.24. The number of nitrogen functional groups attached to an aromatic ring is 1. The van der Waals surface area contributed by atoms with Crippen molar-refractivity contribution in [3.63, 3.8) is 0 Å². The average Bonchev–Trinajstić information content (AvgIpc) is 1.99. The molecule has 0 aromatic heterocycles. The van der Waals surface area contributed by atoms with E-state index >= 15 is 0 Å². The molecule has 16 heavy (non-hydrogen) atoms. The van der Waals surface area contributed by atoms with Gasteiger partial charge in [0.05, 0.1) is 4.90 Å². The lowest BCUT2D eigenvalue weighted by Crippen LogP contribution is -2.21. The van der Waals surface area contributed by atoms with Gasteiger partial charge in [-0.25, -0.2) is 10.3 Å². The third-order valence-electron chi connectivity index (χ3n) is 1.16. The first-order chi connectivity index (χ1) is 7.00. The van der Waals surface area contributed by atoms with Crippen molar-refractivity contribution in [1.29, 1.82) is 0 Å². The number of hydrogen-bond acceptors (Lipinski definition) is 5. The minimum Gasteiger partial charge on any atom is -0.399 e. The lowest BCUT2D eigenvalue weighted by Gasteiger charge is -1.96. The molecule has 1 rings (SSSR count). The first-order valence-electron chi connectivity index (χ1n) is 3.63. The smallest absolute Gasteiger partial charge is 0.294 e. The molecule has 0 unspecified atom stereocenters. The second-order valence-electron chi connectivity index (χ2n) is 2.64. The number of benzene rings is 1. The van der Waals surface area contributed by atoms with Crippen molar-refractivity contribution in [1.82, 2.24) is 0 Å². The largest absolute Gasteiger partial charge is 0.399 e. The van der Waals surface area contributed by atoms with Gasteiger partial charge in [0.15, 0.2) is 0 Å². The molecule has 10 heteroatoms. The fraction of sp³-hybridized carbons (Fsp3) is 0. The molecule has 0 saturated carbocycles. The molecule has 0 atom stereocenters. The van der Waals surface area contributed by atoms with Crippen LogP contribution in [-0.2, 0) is 20.3 Å². The maximum absolute atomic E-state index is 10.5. The summed E-state index contributed by atoms with van der Waals surface area (Å²) in [5, 5.41) is 8.21. The molecule has 0 bridgehead atoms. The Morgan fingerprint density at radius 1 is 1.06 bits per heavy atom. The van der Waals surface area contributed by atoms with Crippen LogP contribution in [0.3, 0.4) is 0 Å². The first-order valence-corrected chi connectivity index (χ1v) is 6.68. The molecule has 0 saturated heterocycles. The van der Waals surface area contributed by atoms with E-state index in [1.807, 2.05) is 0 Å². The van der Waals surface area contributed by atoms with Gasteiger partial charge in [0, 0.05) is 5.69 Å². The zero-order chi connectivity index (χ0) is 13.0. The molecule has 0 aliphatic rings. The maximum atomic E-state index is 10.5. The standard InChI is InChI=1S/C6H7NO3S.H4N2O2S/c7-5-2-1-3-6(4-5)11(8,9)10;1-5(2,3)4/h1-4H,7H2,(H,8,9,10);(H4,1,2,3,4). The monoisotopic (exact) mass is 269 g/mol. The van der Waals surface area contributed by atoms with Crippen molar-refractivity contribution in [3.05, 3.63) is 24.3 Å². The Balaban J connectivity index is 0.000000385. The van der Waals surface area contributed by atoms with E-state index in [0.717, 1.165) is 0 Å². The highest BCUT2D eigenvalue weighted by Gasteiger charge is 2.07. The lowest BCUT2D eigenvalue weighted by molar-refractivity contribution is 0.483. The Kier molecular flexibility index (Phi) is 4.83. The van der Waals surface area contributed by atoms with E-state index in [9.17, 15) is 16.8 Å². The Morgan fingerprint density at radius 2 is 1.50 bits per heavy atom. The molecule has 0 aliphatic heterocycles. The maximum Gasteiger partial charge on any atom is 0.294 e. The van der Waals surface area contributed by atoms with Gasteiger partial charge >= 0.3 is 0 Å². The highest BCUT2D eigenvalue weighted by Crippen LogP contribution is 2.11. The SMILES string of the molecule is NS(N)(=O)=O.Nc1cccc(S(=O)(=O)O)c1. The Morgan fingerprint density at radius 3 is 1.75 bits per heavy atom. The van der Waals surface area contributed by atoms with Crippen LogP contribution in [0.4, 0.5) is 5.69 Å². The van der Waals surface area contributed by atoms with E-state index in [0.29, 0.717) is 5.69 Å². The molecule has 0 aliphatic carbocycles. The molecule has 0 amide bonds. The van der Waals surface area contributed by atoms with Crippen LogP contribution >= 0.6 is 0 Å². The van der Waals surface area contributed by atoms with E-state index in [1.54, 1.807) is 0 Å². The molecule has 92 valence electrons. The average molecular weight is 269 g/mol. The van der Waals surface area contributed by atoms with Gasteiger partial charge in [-0.2, -0.15) is 16.8 Å². The molecule has 0 fully saturated rings. The van der Waals surface area contributed by atoms with E-state index < -0.39 is 20.3 Å². The zero-order valence-electron chi connectivity index (χ0n) is 7.94. The molecular weight excluding hydrogens is 258 g/mol. The van der Waals surface area contributed by atoms with Crippen LogP contribution in [0.1, 0.15) is 0 Å². The van der Waals surface area contributed by atoms with Crippen LogP contribution in [0.15, 0.2) is 29.2 Å². The molecule has 0 radical (unpaired) electrons. The van der Waals surface area contributed by atoms with E-state index in [-0.39, 0.29) is 4.90 Å². The molecular formula is C6H11N3O5S2. The number of anilines is 1. The summed E-state index contributed by atoms with van der Waals surface area (Å²) in [4.78, 5) is -0.183. The summed E-state index contributed by atoms with van der Waals surface area (Å²) in [5.74, 6) is 0. The number of nitrogens with two attached hydrogens (primary N) is 3.